The molecule has 3 rings (SSSR count). The molecule has 0 aliphatic carbocycles. The van der Waals surface area contributed by atoms with Gasteiger partial charge in [-0.1, -0.05) is 40.2 Å². The van der Waals surface area contributed by atoms with Crippen LogP contribution in [0.4, 0.5) is 14.5 Å². The van der Waals surface area contributed by atoms with Gasteiger partial charge in [-0.15, -0.1) is 0 Å². The van der Waals surface area contributed by atoms with Crippen LogP contribution in [0.5, 0.6) is 0 Å². The number of unbranched alkanes of at least 4 members (excludes halogenated alkanes) is 2. The molecule has 158 valence electrons. The van der Waals surface area contributed by atoms with E-state index in [0.29, 0.717) is 16.8 Å². The summed E-state index contributed by atoms with van der Waals surface area (Å²) in [5.74, 6) is -1.65. The highest BCUT2D eigenvalue weighted by Crippen LogP contribution is 2.46. The Hall–Kier alpha value is -2.74. The van der Waals surface area contributed by atoms with Crippen LogP contribution in [-0.4, -0.2) is 13.6 Å². The number of rotatable bonds is 7. The van der Waals surface area contributed by atoms with Crippen molar-refractivity contribution in [1.82, 2.24) is 0 Å². The maximum Gasteiger partial charge on any atom is 0.218 e. The number of aromatic nitrogens is 1. The van der Waals surface area contributed by atoms with Crippen LogP contribution < -0.4 is 9.47 Å². The standard InChI is InChI=1S/C25H30F2N3/c1-6-9-10-12-29(5)18-11-13-30-22(14-18)23-19(17(4)25(30,7-2)8-3)15-21(26)20(16-28)24(23)27/h11,13-15H,4,6-10,12H2,1-3,5H3/q+1. The molecule has 1 aliphatic heterocycles. The summed E-state index contributed by atoms with van der Waals surface area (Å²) in [5, 5.41) is 9.31. The third kappa shape index (κ3) is 3.29. The molecule has 0 saturated carbocycles. The molecule has 1 aromatic heterocycles. The van der Waals surface area contributed by atoms with Gasteiger partial charge in [-0.05, 0) is 12.5 Å². The van der Waals surface area contributed by atoms with Gasteiger partial charge in [-0.2, -0.15) is 9.83 Å². The van der Waals surface area contributed by atoms with Crippen molar-refractivity contribution in [3.05, 3.63) is 53.7 Å². The lowest BCUT2D eigenvalue weighted by Crippen LogP contribution is -2.59. The minimum Gasteiger partial charge on any atom is -0.374 e. The van der Waals surface area contributed by atoms with Crippen LogP contribution in [0.1, 0.15) is 64.0 Å². The van der Waals surface area contributed by atoms with E-state index in [-0.39, 0.29) is 5.56 Å². The molecular weight excluding hydrogens is 380 g/mol. The second kappa shape index (κ2) is 8.55. The molecule has 5 heteroatoms. The third-order valence-corrected chi connectivity index (χ3v) is 6.58. The number of allylic oxidation sites excluding steroid dienone is 1. The molecule has 2 aromatic rings. The van der Waals surface area contributed by atoms with E-state index in [4.69, 9.17) is 0 Å². The van der Waals surface area contributed by atoms with Gasteiger partial charge in [-0.25, -0.2) is 8.78 Å². The molecule has 2 heterocycles. The largest absolute Gasteiger partial charge is 0.374 e. The Morgan fingerprint density at radius 2 is 1.87 bits per heavy atom. The molecule has 1 aromatic carbocycles. The Balaban J connectivity index is 2.27. The van der Waals surface area contributed by atoms with E-state index in [1.807, 2.05) is 25.4 Å². The Morgan fingerprint density at radius 1 is 1.17 bits per heavy atom. The second-order valence-corrected chi connectivity index (χ2v) is 8.07. The summed E-state index contributed by atoms with van der Waals surface area (Å²) in [6.45, 7) is 11.5. The van der Waals surface area contributed by atoms with Gasteiger partial charge < -0.3 is 4.90 Å². The van der Waals surface area contributed by atoms with E-state index in [9.17, 15) is 9.65 Å². The van der Waals surface area contributed by atoms with Crippen LogP contribution in [0, 0.1) is 23.0 Å². The third-order valence-electron chi connectivity index (χ3n) is 6.58. The van der Waals surface area contributed by atoms with E-state index in [0.717, 1.165) is 44.3 Å². The van der Waals surface area contributed by atoms with Crippen molar-refractivity contribution in [3.8, 4) is 17.3 Å². The normalized spacial score (nSPS) is 14.1. The topological polar surface area (TPSA) is 30.9 Å². The summed E-state index contributed by atoms with van der Waals surface area (Å²) >= 11 is 0. The van der Waals surface area contributed by atoms with Crippen molar-refractivity contribution < 1.29 is 13.3 Å². The van der Waals surface area contributed by atoms with E-state index in [1.54, 1.807) is 6.07 Å². The zero-order chi connectivity index (χ0) is 22.1. The number of pyridine rings is 1. The number of hydrogen-bond acceptors (Lipinski definition) is 2. The zero-order valence-corrected chi connectivity index (χ0v) is 18.4. The van der Waals surface area contributed by atoms with Gasteiger partial charge in [0.2, 0.25) is 5.69 Å². The first-order valence-electron chi connectivity index (χ1n) is 10.8. The van der Waals surface area contributed by atoms with E-state index in [2.05, 4.69) is 36.8 Å². The number of anilines is 1. The summed E-state index contributed by atoms with van der Waals surface area (Å²) in [5.41, 5.74) is 2.03. The highest BCUT2D eigenvalue weighted by atomic mass is 19.1. The van der Waals surface area contributed by atoms with Crippen LogP contribution >= 0.6 is 0 Å². The molecule has 0 radical (unpaired) electrons. The van der Waals surface area contributed by atoms with Crippen molar-refractivity contribution in [3.63, 3.8) is 0 Å². The maximum atomic E-state index is 15.4. The summed E-state index contributed by atoms with van der Waals surface area (Å²) in [7, 11) is 2.03. The molecule has 0 saturated heterocycles. The predicted molar refractivity (Wildman–Crippen MR) is 117 cm³/mol. The monoisotopic (exact) mass is 410 g/mol. The lowest BCUT2D eigenvalue weighted by atomic mass is 9.75. The Morgan fingerprint density at radius 3 is 2.47 bits per heavy atom. The number of hydrogen-bond donors (Lipinski definition) is 0. The highest BCUT2D eigenvalue weighted by molar-refractivity contribution is 5.85. The van der Waals surface area contributed by atoms with Crippen LogP contribution in [0.2, 0.25) is 0 Å². The van der Waals surface area contributed by atoms with E-state index in [1.165, 1.54) is 6.07 Å². The molecule has 0 spiro atoms. The van der Waals surface area contributed by atoms with Crippen LogP contribution in [0.15, 0.2) is 31.0 Å². The first-order valence-corrected chi connectivity index (χ1v) is 10.8. The molecule has 3 nitrogen and oxygen atoms in total. The van der Waals surface area contributed by atoms with Gasteiger partial charge in [0.25, 0.3) is 0 Å². The lowest BCUT2D eigenvalue weighted by molar-refractivity contribution is -0.741. The molecular formula is C25H30F2N3+. The fraction of sp³-hybridized carbons (Fsp3) is 0.440. The number of benzene rings is 1. The lowest BCUT2D eigenvalue weighted by Gasteiger charge is -2.35. The van der Waals surface area contributed by atoms with Gasteiger partial charge in [0, 0.05) is 55.4 Å². The predicted octanol–water partition coefficient (Wildman–Crippen LogP) is 5.96. The molecule has 0 fully saturated rings. The van der Waals surface area contributed by atoms with E-state index < -0.39 is 22.7 Å². The van der Waals surface area contributed by atoms with Crippen LogP contribution in [0.3, 0.4) is 0 Å². The van der Waals surface area contributed by atoms with Crippen molar-refractivity contribution in [2.45, 2.75) is 58.4 Å². The maximum absolute atomic E-state index is 15.4. The summed E-state index contributed by atoms with van der Waals surface area (Å²) in [6, 6.07) is 6.96. The first kappa shape index (κ1) is 22.0. The molecule has 0 bridgehead atoms. The van der Waals surface area contributed by atoms with Crippen molar-refractivity contribution >= 4 is 11.3 Å². The molecule has 0 amide bonds. The molecule has 30 heavy (non-hydrogen) atoms. The number of fused-ring (bicyclic) bond motifs is 3. The Bertz CT molecular complexity index is 1020. The Labute approximate surface area is 178 Å². The average Bonchev–Trinajstić information content (AvgIpc) is 2.74. The summed E-state index contributed by atoms with van der Waals surface area (Å²) < 4.78 is 31.9. The Kier molecular flexibility index (Phi) is 6.26. The second-order valence-electron chi connectivity index (χ2n) is 8.07. The summed E-state index contributed by atoms with van der Waals surface area (Å²) in [6.07, 6.45) is 6.85. The minimum atomic E-state index is -0.836. The van der Waals surface area contributed by atoms with Crippen molar-refractivity contribution in [2.24, 2.45) is 0 Å². The molecule has 0 N–H and O–H groups in total. The molecule has 0 atom stereocenters. The number of halogens is 2. The quantitative estimate of drug-likeness (QED) is 0.417. The zero-order valence-electron chi connectivity index (χ0n) is 18.4. The first-order chi connectivity index (χ1) is 14.4. The van der Waals surface area contributed by atoms with E-state index >= 15 is 4.39 Å². The van der Waals surface area contributed by atoms with Gasteiger partial charge in [0.1, 0.15) is 17.4 Å². The average molecular weight is 411 g/mol. The SMILES string of the molecule is C=C1c2cc(F)c(C#N)c(F)c2-c2cc(N(C)CCCCC)cc[n+]2C1(CC)CC. The molecule has 0 unspecified atom stereocenters. The highest BCUT2D eigenvalue weighted by Gasteiger charge is 2.48. The van der Waals surface area contributed by atoms with Gasteiger partial charge >= 0.3 is 0 Å². The molecule has 1 aliphatic rings. The summed E-state index contributed by atoms with van der Waals surface area (Å²) in [4.78, 5) is 2.16. The number of nitriles is 1. The van der Waals surface area contributed by atoms with Gasteiger partial charge in [0.05, 0.1) is 5.56 Å². The fourth-order valence-corrected chi connectivity index (χ4v) is 4.64. The minimum absolute atomic E-state index is 0.263. The number of nitrogens with zero attached hydrogens (tertiary/aromatic N) is 3. The van der Waals surface area contributed by atoms with Gasteiger partial charge in [0.15, 0.2) is 17.6 Å². The van der Waals surface area contributed by atoms with Crippen LogP contribution in [-0.2, 0) is 5.54 Å². The van der Waals surface area contributed by atoms with Crippen molar-refractivity contribution in [1.29, 1.82) is 5.26 Å². The van der Waals surface area contributed by atoms with Crippen LogP contribution in [0.25, 0.3) is 16.8 Å². The fourth-order valence-electron chi connectivity index (χ4n) is 4.64. The van der Waals surface area contributed by atoms with Gasteiger partial charge in [-0.3, -0.25) is 0 Å². The van der Waals surface area contributed by atoms with Crippen molar-refractivity contribution in [2.75, 3.05) is 18.5 Å². The smallest absolute Gasteiger partial charge is 0.218 e.